The Bertz CT molecular complexity index is 2520. The summed E-state index contributed by atoms with van der Waals surface area (Å²) in [5, 5.41) is 20.6. The van der Waals surface area contributed by atoms with Gasteiger partial charge in [0.2, 0.25) is 0 Å². The van der Waals surface area contributed by atoms with E-state index in [0.717, 1.165) is 186 Å². The molecule has 574 valence electrons. The molecule has 0 saturated heterocycles. The molecule has 0 spiro atoms. The van der Waals surface area contributed by atoms with Gasteiger partial charge in [-0.15, -0.1) is 0 Å². The van der Waals surface area contributed by atoms with E-state index >= 15 is 0 Å². The van der Waals surface area contributed by atoms with Gasteiger partial charge in [-0.05, 0) is 148 Å². The number of hydrogen-bond donors (Lipinski definition) is 4. The fraction of sp³-hybridized carbons (Fsp3) is 0.627. The number of phosphoric acid groups is 2. The van der Waals surface area contributed by atoms with E-state index in [1.807, 2.05) is 0 Å². The van der Waals surface area contributed by atoms with Crippen molar-refractivity contribution in [3.63, 3.8) is 0 Å². The number of hydrogen-bond acceptors (Lipinski definition) is 14. The van der Waals surface area contributed by atoms with E-state index < -0.39 is 91.5 Å². The average molecular weight is 1450 g/mol. The van der Waals surface area contributed by atoms with Crippen LogP contribution in [0.3, 0.4) is 0 Å². The number of ether oxygens (including phenoxy) is 3. The van der Waals surface area contributed by atoms with Gasteiger partial charge < -0.3 is 34.2 Å². The first-order chi connectivity index (χ1) is 49.2. The molecule has 0 aliphatic carbocycles. The Kier molecular flexibility index (Phi) is 70.9. The molecule has 5 unspecified atom stereocenters. The topological polar surface area (TPSA) is 231 Å². The number of aliphatic hydroxyl groups is 2. The lowest BCUT2D eigenvalue weighted by atomic mass is 10.1. The van der Waals surface area contributed by atoms with Crippen molar-refractivity contribution in [2.45, 2.75) is 296 Å². The van der Waals surface area contributed by atoms with Crippen LogP contribution in [-0.2, 0) is 55.8 Å². The van der Waals surface area contributed by atoms with Crippen LogP contribution in [0.1, 0.15) is 278 Å². The highest BCUT2D eigenvalue weighted by atomic mass is 31.2. The smallest absolute Gasteiger partial charge is 0.463 e. The molecule has 0 aromatic heterocycles. The van der Waals surface area contributed by atoms with Crippen LogP contribution >= 0.6 is 15.6 Å². The van der Waals surface area contributed by atoms with E-state index in [2.05, 4.69) is 191 Å². The first-order valence-electron chi connectivity index (χ1n) is 38.4. The molecule has 16 nitrogen and oxygen atoms in total. The molecule has 18 heteroatoms. The highest BCUT2D eigenvalue weighted by molar-refractivity contribution is 7.47. The number of rotatable bonds is 71. The quantitative estimate of drug-likeness (QED) is 0.0146. The third-order valence-corrected chi connectivity index (χ3v) is 17.3. The largest absolute Gasteiger partial charge is 0.472 e. The molecule has 0 saturated carbocycles. The van der Waals surface area contributed by atoms with Gasteiger partial charge >= 0.3 is 33.6 Å². The first-order valence-corrected chi connectivity index (χ1v) is 41.4. The molecule has 4 N–H and O–H groups in total. The number of aliphatic hydroxyl groups excluding tert-OH is 2. The Balaban J connectivity index is 4.60. The Hall–Kier alpha value is -5.09. The lowest BCUT2D eigenvalue weighted by Crippen LogP contribution is -2.30. The lowest BCUT2D eigenvalue weighted by molar-refractivity contribution is -0.161. The lowest BCUT2D eigenvalue weighted by Gasteiger charge is -2.21. The number of allylic oxidation sites excluding steroid dienone is 28. The van der Waals surface area contributed by atoms with Crippen LogP contribution in [0, 0.1) is 0 Å². The van der Waals surface area contributed by atoms with Crippen molar-refractivity contribution in [3.05, 3.63) is 170 Å². The van der Waals surface area contributed by atoms with Crippen LogP contribution in [0.25, 0.3) is 0 Å². The Morgan fingerprint density at radius 2 is 0.495 bits per heavy atom. The summed E-state index contributed by atoms with van der Waals surface area (Å²) < 4.78 is 61.1. The minimum Gasteiger partial charge on any atom is -0.463 e. The third-order valence-electron chi connectivity index (χ3n) is 15.4. The van der Waals surface area contributed by atoms with Crippen molar-refractivity contribution >= 4 is 33.6 Å². The number of carbonyl (C=O) groups excluding carboxylic acids is 3. The molecule has 0 radical (unpaired) electrons. The second-order valence-corrected chi connectivity index (χ2v) is 27.9. The van der Waals surface area contributed by atoms with E-state index in [-0.39, 0.29) is 19.3 Å². The minimum atomic E-state index is -4.95. The number of unbranched alkanes of at least 4 members (excludes halogenated alkanes) is 20. The van der Waals surface area contributed by atoms with Crippen molar-refractivity contribution in [1.29, 1.82) is 0 Å². The first kappa shape index (κ1) is 95.9. The second-order valence-electron chi connectivity index (χ2n) is 25.0. The minimum absolute atomic E-state index is 0.0675. The summed E-state index contributed by atoms with van der Waals surface area (Å²) in [6.45, 7) is 2.27. The maximum Gasteiger partial charge on any atom is 0.472 e. The SMILES string of the molecule is CC/C=C\C/C=C\C/C=C\C/C=C\C/C=C\C/C=C\CCCCCCCCCCCCC(=O)OCC(O)COP(=O)(O)OCC(O)COP(=O)(O)OCC(COC(=O)CCCCCCCC/C=C\C/C=C\C/C=C\C/C=C\CC)OC(=O)CCCCCC/C=C\C/C=C\C/C=C\C/C=C\CC. The average Bonchev–Trinajstić information content (AvgIpc) is 1.06. The highest BCUT2D eigenvalue weighted by Crippen LogP contribution is 2.45. The van der Waals surface area contributed by atoms with Gasteiger partial charge in [0.1, 0.15) is 25.4 Å². The number of phosphoric ester groups is 2. The van der Waals surface area contributed by atoms with E-state index in [1.54, 1.807) is 0 Å². The van der Waals surface area contributed by atoms with Gasteiger partial charge in [0.25, 0.3) is 0 Å². The van der Waals surface area contributed by atoms with Crippen molar-refractivity contribution in [3.8, 4) is 0 Å². The van der Waals surface area contributed by atoms with Gasteiger partial charge in [-0.2, -0.15) is 0 Å². The van der Waals surface area contributed by atoms with E-state index in [9.17, 15) is 43.5 Å². The maximum atomic E-state index is 13.0. The highest BCUT2D eigenvalue weighted by Gasteiger charge is 2.29. The van der Waals surface area contributed by atoms with Gasteiger partial charge in [-0.3, -0.25) is 32.5 Å². The molecule has 0 amide bonds. The van der Waals surface area contributed by atoms with E-state index in [1.165, 1.54) is 32.1 Å². The van der Waals surface area contributed by atoms with Gasteiger partial charge in [0, 0.05) is 19.3 Å². The molecule has 0 aromatic rings. The summed E-state index contributed by atoms with van der Waals surface area (Å²) in [6, 6.07) is 0. The van der Waals surface area contributed by atoms with Crippen molar-refractivity contribution in [2.75, 3.05) is 39.6 Å². The normalized spacial score (nSPS) is 15.0. The van der Waals surface area contributed by atoms with Gasteiger partial charge in [0.15, 0.2) is 6.10 Å². The summed E-state index contributed by atoms with van der Waals surface area (Å²) in [5.41, 5.74) is 0. The standard InChI is InChI=1S/C83H136O16P2/c1-4-7-10-13-16-19-22-25-28-31-33-34-35-36-37-38-39-40-41-42-44-47-48-51-54-57-60-63-66-69-81(86)93-72-78(84)73-95-100(89,90)96-74-79(85)75-97-101(91,92)98-77-80(99-83(88)71-68-65-62-59-56-53-50-45-30-27-24-21-18-15-12-9-6-3)76-94-82(87)70-67-64-61-58-55-52-49-46-43-32-29-26-23-20-17-14-11-8-5-2/h7-12,16-21,25-30,33-34,36-37,39-40,43,46,50,53,78-80,84-85H,4-6,13-15,22-24,31-32,35,38,41-42,44-45,47-49,51-52,54-77H2,1-3H3,(H,89,90)(H,91,92)/b10-7-,11-8-,12-9-,19-16-,20-17-,21-18-,28-25-,29-26-,30-27-,34-33-,37-36-,40-39-,46-43-,53-50-. The van der Waals surface area contributed by atoms with Gasteiger partial charge in [-0.1, -0.05) is 281 Å². The van der Waals surface area contributed by atoms with Crippen LogP contribution in [0.15, 0.2) is 170 Å². The molecule has 0 aliphatic rings. The van der Waals surface area contributed by atoms with Crippen LogP contribution in [0.5, 0.6) is 0 Å². The van der Waals surface area contributed by atoms with Crippen LogP contribution in [-0.4, -0.2) is 95.9 Å². The van der Waals surface area contributed by atoms with Gasteiger partial charge in [0.05, 0.1) is 26.4 Å². The predicted octanol–water partition coefficient (Wildman–Crippen LogP) is 22.4. The summed E-state index contributed by atoms with van der Waals surface area (Å²) in [6.07, 6.45) is 94.0. The van der Waals surface area contributed by atoms with Crippen molar-refractivity contribution < 1.29 is 75.8 Å². The molecule has 0 heterocycles. The monoisotopic (exact) mass is 1450 g/mol. The van der Waals surface area contributed by atoms with Crippen LogP contribution in [0.2, 0.25) is 0 Å². The van der Waals surface area contributed by atoms with Crippen LogP contribution in [0.4, 0.5) is 0 Å². The molecular formula is C83H136O16P2. The molecule has 0 bridgehead atoms. The molecule has 0 rings (SSSR count). The second kappa shape index (κ2) is 74.6. The summed E-state index contributed by atoms with van der Waals surface area (Å²) >= 11 is 0. The molecular weight excluding hydrogens is 1310 g/mol. The predicted molar refractivity (Wildman–Crippen MR) is 417 cm³/mol. The molecule has 5 atom stereocenters. The van der Waals surface area contributed by atoms with Crippen LogP contribution < -0.4 is 0 Å². The zero-order chi connectivity index (χ0) is 73.7. The zero-order valence-electron chi connectivity index (χ0n) is 62.5. The third kappa shape index (κ3) is 75.9. The fourth-order valence-electron chi connectivity index (χ4n) is 9.67. The maximum absolute atomic E-state index is 13.0. The number of esters is 3. The van der Waals surface area contributed by atoms with Crippen molar-refractivity contribution in [1.82, 2.24) is 0 Å². The molecule has 0 aromatic carbocycles. The molecule has 101 heavy (non-hydrogen) atoms. The molecule has 0 aliphatic heterocycles. The van der Waals surface area contributed by atoms with E-state index in [0.29, 0.717) is 19.3 Å². The Labute approximate surface area is 612 Å². The zero-order valence-corrected chi connectivity index (χ0v) is 64.3. The Morgan fingerprint density at radius 3 is 0.782 bits per heavy atom. The summed E-state index contributed by atoms with van der Waals surface area (Å²) in [4.78, 5) is 58.6. The Morgan fingerprint density at radius 1 is 0.277 bits per heavy atom. The fourth-order valence-corrected chi connectivity index (χ4v) is 11.3. The number of carbonyl (C=O) groups is 3. The van der Waals surface area contributed by atoms with Gasteiger partial charge in [-0.25, -0.2) is 9.13 Å². The molecule has 0 fully saturated rings. The summed E-state index contributed by atoms with van der Waals surface area (Å²) in [7, 11) is -9.81. The van der Waals surface area contributed by atoms with Crippen molar-refractivity contribution in [2.24, 2.45) is 0 Å². The summed E-state index contributed by atoms with van der Waals surface area (Å²) in [5.74, 6) is -1.63. The van der Waals surface area contributed by atoms with E-state index in [4.69, 9.17) is 32.3 Å².